The van der Waals surface area contributed by atoms with E-state index in [4.69, 9.17) is 0 Å². The van der Waals surface area contributed by atoms with Crippen LogP contribution < -0.4 is 0 Å². The van der Waals surface area contributed by atoms with Gasteiger partial charge in [0.1, 0.15) is 10.9 Å². The fourth-order valence-corrected chi connectivity index (χ4v) is 2.09. The molecule has 2 heterocycles. The van der Waals surface area contributed by atoms with E-state index in [-0.39, 0.29) is 0 Å². The lowest BCUT2D eigenvalue weighted by Crippen LogP contribution is -1.87. The highest BCUT2D eigenvalue weighted by Gasteiger charge is 2.08. The van der Waals surface area contributed by atoms with Crippen LogP contribution >= 0.6 is 12.6 Å². The van der Waals surface area contributed by atoms with E-state index in [1.165, 1.54) is 0 Å². The van der Waals surface area contributed by atoms with Gasteiger partial charge in [0.05, 0.1) is 5.52 Å². The zero-order valence-electron chi connectivity index (χ0n) is 8.54. The summed E-state index contributed by atoms with van der Waals surface area (Å²) in [6.07, 6.45) is 2.00. The molecule has 0 aliphatic heterocycles. The molecule has 0 saturated heterocycles. The summed E-state index contributed by atoms with van der Waals surface area (Å²) in [5.74, 6) is 0.932. The number of thiol groups is 1. The number of imidazole rings is 1. The number of aromatic nitrogens is 2. The van der Waals surface area contributed by atoms with E-state index in [9.17, 15) is 0 Å². The molecule has 1 aromatic carbocycles. The minimum absolute atomic E-state index is 0.763. The third kappa shape index (κ3) is 1.41. The molecule has 0 bridgehead atoms. The first-order chi connectivity index (χ1) is 7.86. The quantitative estimate of drug-likeness (QED) is 0.630. The van der Waals surface area contributed by atoms with Crippen molar-refractivity contribution in [3.05, 3.63) is 54.7 Å². The second-order valence-corrected chi connectivity index (χ2v) is 4.00. The average Bonchev–Trinajstić information content (AvgIpc) is 2.69. The average molecular weight is 226 g/mol. The minimum Gasteiger partial charge on any atom is -0.299 e. The Labute approximate surface area is 99.0 Å². The lowest BCUT2D eigenvalue weighted by molar-refractivity contribution is 1.15. The highest BCUT2D eigenvalue weighted by molar-refractivity contribution is 7.80. The van der Waals surface area contributed by atoms with Gasteiger partial charge in [0.2, 0.25) is 0 Å². The third-order valence-corrected chi connectivity index (χ3v) is 2.89. The predicted octanol–water partition coefficient (Wildman–Crippen LogP) is 3.29. The van der Waals surface area contributed by atoms with Gasteiger partial charge in [0.25, 0.3) is 0 Å². The fourth-order valence-electron chi connectivity index (χ4n) is 1.81. The first-order valence-electron chi connectivity index (χ1n) is 5.08. The lowest BCUT2D eigenvalue weighted by Gasteiger charge is -1.99. The smallest absolute Gasteiger partial charge is 0.145 e. The van der Waals surface area contributed by atoms with Gasteiger partial charge in [-0.05, 0) is 12.1 Å². The monoisotopic (exact) mass is 226 g/mol. The SMILES string of the molecule is Sc1nc(-c2ccccc2)n2ccccc12. The first kappa shape index (κ1) is 9.48. The molecule has 3 aromatic rings. The molecule has 0 N–H and O–H groups in total. The van der Waals surface area contributed by atoms with Gasteiger partial charge in [0.15, 0.2) is 0 Å². The third-order valence-electron chi connectivity index (χ3n) is 2.56. The van der Waals surface area contributed by atoms with Crippen LogP contribution in [0.4, 0.5) is 0 Å². The van der Waals surface area contributed by atoms with Gasteiger partial charge in [-0.2, -0.15) is 0 Å². The molecule has 0 fully saturated rings. The van der Waals surface area contributed by atoms with Gasteiger partial charge in [-0.3, -0.25) is 4.40 Å². The Morgan fingerprint density at radius 3 is 2.50 bits per heavy atom. The van der Waals surface area contributed by atoms with E-state index in [1.807, 2.05) is 42.6 Å². The van der Waals surface area contributed by atoms with E-state index in [1.54, 1.807) is 0 Å². The van der Waals surface area contributed by atoms with Crippen LogP contribution in [0, 0.1) is 0 Å². The number of hydrogen-bond donors (Lipinski definition) is 1. The Bertz CT molecular complexity index is 629. The molecular weight excluding hydrogens is 216 g/mol. The molecule has 0 spiro atoms. The molecule has 0 amide bonds. The van der Waals surface area contributed by atoms with Crippen molar-refractivity contribution in [2.24, 2.45) is 0 Å². The number of rotatable bonds is 1. The topological polar surface area (TPSA) is 17.3 Å². The van der Waals surface area contributed by atoms with Crippen LogP contribution in [-0.2, 0) is 0 Å². The molecule has 0 radical (unpaired) electrons. The van der Waals surface area contributed by atoms with Crippen molar-refractivity contribution in [1.29, 1.82) is 0 Å². The van der Waals surface area contributed by atoms with Crippen LogP contribution in [0.3, 0.4) is 0 Å². The van der Waals surface area contributed by atoms with Crippen LogP contribution in [0.25, 0.3) is 16.9 Å². The maximum atomic E-state index is 4.49. The summed E-state index contributed by atoms with van der Waals surface area (Å²) >= 11 is 4.39. The molecule has 0 saturated carbocycles. The summed E-state index contributed by atoms with van der Waals surface area (Å²) in [5.41, 5.74) is 2.13. The second kappa shape index (κ2) is 3.68. The van der Waals surface area contributed by atoms with E-state index in [2.05, 4.69) is 34.1 Å². The van der Waals surface area contributed by atoms with Crippen molar-refractivity contribution in [3.8, 4) is 11.4 Å². The van der Waals surface area contributed by atoms with Crippen molar-refractivity contribution < 1.29 is 0 Å². The number of benzene rings is 1. The molecule has 0 aliphatic rings. The van der Waals surface area contributed by atoms with Crippen LogP contribution in [0.1, 0.15) is 0 Å². The fraction of sp³-hybridized carbons (Fsp3) is 0. The van der Waals surface area contributed by atoms with Crippen molar-refractivity contribution in [2.45, 2.75) is 5.03 Å². The minimum atomic E-state index is 0.763. The van der Waals surface area contributed by atoms with Crippen molar-refractivity contribution in [1.82, 2.24) is 9.38 Å². The van der Waals surface area contributed by atoms with Gasteiger partial charge in [0, 0.05) is 11.8 Å². The van der Waals surface area contributed by atoms with E-state index < -0.39 is 0 Å². The van der Waals surface area contributed by atoms with E-state index >= 15 is 0 Å². The van der Waals surface area contributed by atoms with Gasteiger partial charge >= 0.3 is 0 Å². The Morgan fingerprint density at radius 1 is 0.938 bits per heavy atom. The van der Waals surface area contributed by atoms with Crippen LogP contribution in [0.5, 0.6) is 0 Å². The number of hydrogen-bond acceptors (Lipinski definition) is 2. The van der Waals surface area contributed by atoms with Crippen molar-refractivity contribution in [2.75, 3.05) is 0 Å². The molecule has 16 heavy (non-hydrogen) atoms. The number of nitrogens with zero attached hydrogens (tertiary/aromatic N) is 2. The highest BCUT2D eigenvalue weighted by Crippen LogP contribution is 2.23. The summed E-state index contributed by atoms with van der Waals surface area (Å²) in [5, 5.41) is 0.763. The Hall–Kier alpha value is -1.74. The zero-order valence-corrected chi connectivity index (χ0v) is 9.43. The molecule has 2 nitrogen and oxygen atoms in total. The number of pyridine rings is 1. The Morgan fingerprint density at radius 2 is 1.69 bits per heavy atom. The van der Waals surface area contributed by atoms with E-state index in [0.717, 1.165) is 21.9 Å². The predicted molar refractivity (Wildman–Crippen MR) is 67.9 cm³/mol. The zero-order chi connectivity index (χ0) is 11.0. The van der Waals surface area contributed by atoms with Gasteiger partial charge in [-0.15, -0.1) is 12.6 Å². The largest absolute Gasteiger partial charge is 0.299 e. The summed E-state index contributed by atoms with van der Waals surface area (Å²) in [6, 6.07) is 16.1. The van der Waals surface area contributed by atoms with E-state index in [0.29, 0.717) is 0 Å². The lowest BCUT2D eigenvalue weighted by atomic mass is 10.2. The molecular formula is C13H10N2S. The molecule has 3 heteroatoms. The molecule has 0 unspecified atom stereocenters. The van der Waals surface area contributed by atoms with Crippen LogP contribution in [-0.4, -0.2) is 9.38 Å². The summed E-state index contributed by atoms with van der Waals surface area (Å²) in [7, 11) is 0. The van der Waals surface area contributed by atoms with Crippen LogP contribution in [0.2, 0.25) is 0 Å². The summed E-state index contributed by atoms with van der Waals surface area (Å²) in [4.78, 5) is 4.49. The van der Waals surface area contributed by atoms with Crippen LogP contribution in [0.15, 0.2) is 59.8 Å². The molecule has 2 aromatic heterocycles. The summed E-state index contributed by atoms with van der Waals surface area (Å²) in [6.45, 7) is 0. The van der Waals surface area contributed by atoms with Gasteiger partial charge in [-0.25, -0.2) is 4.98 Å². The second-order valence-electron chi connectivity index (χ2n) is 3.58. The highest BCUT2D eigenvalue weighted by atomic mass is 32.1. The maximum Gasteiger partial charge on any atom is 0.145 e. The molecule has 78 valence electrons. The normalized spacial score (nSPS) is 10.8. The first-order valence-corrected chi connectivity index (χ1v) is 5.52. The maximum absolute atomic E-state index is 4.49. The molecule has 3 rings (SSSR count). The molecule has 0 aliphatic carbocycles. The van der Waals surface area contributed by atoms with Crippen molar-refractivity contribution >= 4 is 18.1 Å². The Kier molecular flexibility index (Phi) is 2.18. The standard InChI is InChI=1S/C13H10N2S/c16-13-11-8-4-5-9-15(11)12(14-13)10-6-2-1-3-7-10/h1-9,16H. The summed E-state index contributed by atoms with van der Waals surface area (Å²) < 4.78 is 2.05. The van der Waals surface area contributed by atoms with Gasteiger partial charge in [-0.1, -0.05) is 36.4 Å². The van der Waals surface area contributed by atoms with Crippen molar-refractivity contribution in [3.63, 3.8) is 0 Å². The number of fused-ring (bicyclic) bond motifs is 1. The Balaban J connectivity index is 2.33. The van der Waals surface area contributed by atoms with Gasteiger partial charge < -0.3 is 0 Å². The molecule has 0 atom stereocenters.